The molecule has 0 aromatic carbocycles. The number of hydrogen-bond acceptors (Lipinski definition) is 7. The van der Waals surface area contributed by atoms with Crippen LogP contribution in [0.3, 0.4) is 0 Å². The number of Topliss-reactive ketones (excluding diaryl/α,β-unsaturated/α-hetero) is 1. The van der Waals surface area contributed by atoms with Gasteiger partial charge in [0.1, 0.15) is 5.78 Å². The van der Waals surface area contributed by atoms with Crippen LogP contribution in [0.2, 0.25) is 0 Å². The van der Waals surface area contributed by atoms with Crippen LogP contribution >= 0.6 is 11.8 Å². The van der Waals surface area contributed by atoms with Gasteiger partial charge in [0.15, 0.2) is 0 Å². The maximum Gasteiger partial charge on any atom is 0.336 e. The molecule has 1 aromatic heterocycles. The van der Waals surface area contributed by atoms with Gasteiger partial charge in [0.25, 0.3) is 0 Å². The van der Waals surface area contributed by atoms with Crippen LogP contribution in [0.25, 0.3) is 0 Å². The minimum Gasteiger partial charge on any atom is -0.463 e. The first kappa shape index (κ1) is 23.2. The average Bonchev–Trinajstić information content (AvgIpc) is 2.81. The highest BCUT2D eigenvalue weighted by Gasteiger charge is 2.54. The fourth-order valence-corrected chi connectivity index (χ4v) is 8.26. The fourth-order valence-electron chi connectivity index (χ4n) is 7.14. The number of ketones is 1. The zero-order chi connectivity index (χ0) is 23.9. The summed E-state index contributed by atoms with van der Waals surface area (Å²) in [5.74, 6) is 1.86. The van der Waals surface area contributed by atoms with E-state index in [-0.39, 0.29) is 12.0 Å². The molecular weight excluding hydrogens is 446 g/mol. The summed E-state index contributed by atoms with van der Waals surface area (Å²) in [6.45, 7) is 3.85. The van der Waals surface area contributed by atoms with Gasteiger partial charge < -0.3 is 10.1 Å². The largest absolute Gasteiger partial charge is 0.463 e. The van der Waals surface area contributed by atoms with Crippen LogP contribution in [0.1, 0.15) is 63.9 Å². The van der Waals surface area contributed by atoms with E-state index in [9.17, 15) is 14.9 Å². The third-order valence-electron chi connectivity index (χ3n) is 8.16. The quantitative estimate of drug-likeness (QED) is 0.561. The standard InChI is InChI=1S/C27H31N3O3S/c1-3-33-26(32)23-16(2)30-25(21(14-28)24(23)20-4-6-29-7-5-20)34-15-22(31)27-11-17-8-18(12-27)10-19(9-17)13-27/h4-7,17-19,24,30H,3,8-13,15H2,1-2H3. The molecule has 178 valence electrons. The van der Waals surface area contributed by atoms with E-state index < -0.39 is 11.9 Å². The Balaban J connectivity index is 1.41. The van der Waals surface area contributed by atoms with Gasteiger partial charge in [-0.2, -0.15) is 5.26 Å². The van der Waals surface area contributed by atoms with Crippen molar-refractivity contribution in [3.05, 3.63) is 52.0 Å². The van der Waals surface area contributed by atoms with Crippen LogP contribution in [0, 0.1) is 34.5 Å². The summed E-state index contributed by atoms with van der Waals surface area (Å²) in [5.41, 5.74) is 2.18. The lowest BCUT2D eigenvalue weighted by Gasteiger charge is -2.56. The van der Waals surface area contributed by atoms with Crippen LogP contribution < -0.4 is 5.32 Å². The highest BCUT2D eigenvalue weighted by molar-refractivity contribution is 8.03. The summed E-state index contributed by atoms with van der Waals surface area (Å²) < 4.78 is 5.32. The van der Waals surface area contributed by atoms with Gasteiger partial charge in [-0.05, 0) is 87.8 Å². The number of ether oxygens (including phenoxy) is 1. The van der Waals surface area contributed by atoms with E-state index >= 15 is 0 Å². The molecule has 1 unspecified atom stereocenters. The second-order valence-corrected chi connectivity index (χ2v) is 11.3. The third-order valence-corrected chi connectivity index (χ3v) is 9.18. The number of carbonyl (C=O) groups is 2. The second-order valence-electron chi connectivity index (χ2n) is 10.4. The Morgan fingerprint density at radius 3 is 2.35 bits per heavy atom. The van der Waals surface area contributed by atoms with Crippen molar-refractivity contribution in [2.24, 2.45) is 23.2 Å². The Hall–Kier alpha value is -2.59. The molecule has 0 radical (unpaired) electrons. The zero-order valence-corrected chi connectivity index (χ0v) is 20.6. The van der Waals surface area contributed by atoms with E-state index in [1.54, 1.807) is 19.3 Å². The molecule has 4 bridgehead atoms. The molecular formula is C27H31N3O3S. The Labute approximate surface area is 205 Å². The molecule has 4 saturated carbocycles. The monoisotopic (exact) mass is 477 g/mol. The molecule has 1 aliphatic heterocycles. The summed E-state index contributed by atoms with van der Waals surface area (Å²) in [4.78, 5) is 30.5. The summed E-state index contributed by atoms with van der Waals surface area (Å²) in [6, 6.07) is 5.98. The van der Waals surface area contributed by atoms with Crippen molar-refractivity contribution in [2.75, 3.05) is 12.4 Å². The number of thioether (sulfide) groups is 1. The number of pyridine rings is 1. The summed E-state index contributed by atoms with van der Waals surface area (Å²) >= 11 is 1.41. The number of hydrogen-bond donors (Lipinski definition) is 1. The van der Waals surface area contributed by atoms with Crippen LogP contribution in [-0.2, 0) is 14.3 Å². The van der Waals surface area contributed by atoms with Gasteiger partial charge in [-0.15, -0.1) is 0 Å². The van der Waals surface area contributed by atoms with E-state index in [1.807, 2.05) is 19.1 Å². The lowest BCUT2D eigenvalue weighted by molar-refractivity contribution is -0.141. The Morgan fingerprint density at radius 2 is 1.79 bits per heavy atom. The number of carbonyl (C=O) groups excluding carboxylic acids is 2. The van der Waals surface area contributed by atoms with Gasteiger partial charge in [0.2, 0.25) is 0 Å². The Bertz CT molecular complexity index is 1070. The average molecular weight is 478 g/mol. The molecule has 4 fully saturated rings. The van der Waals surface area contributed by atoms with Crippen LogP contribution in [0.5, 0.6) is 0 Å². The highest BCUT2D eigenvalue weighted by atomic mass is 32.2. The molecule has 5 aliphatic rings. The minimum atomic E-state index is -0.551. The van der Waals surface area contributed by atoms with Crippen molar-refractivity contribution < 1.29 is 14.3 Å². The van der Waals surface area contributed by atoms with Gasteiger partial charge in [-0.25, -0.2) is 4.79 Å². The number of allylic oxidation sites excluding steroid dienone is 2. The van der Waals surface area contributed by atoms with Gasteiger partial charge in [-0.1, -0.05) is 11.8 Å². The first-order valence-electron chi connectivity index (χ1n) is 12.3. The van der Waals surface area contributed by atoms with Crippen molar-refractivity contribution in [1.29, 1.82) is 5.26 Å². The van der Waals surface area contributed by atoms with E-state index in [1.165, 1.54) is 31.0 Å². The van der Waals surface area contributed by atoms with E-state index in [0.29, 0.717) is 33.4 Å². The zero-order valence-electron chi connectivity index (χ0n) is 19.8. The molecule has 0 saturated heterocycles. The molecule has 7 heteroatoms. The number of rotatable bonds is 7. The smallest absolute Gasteiger partial charge is 0.336 e. The SMILES string of the molecule is CCOC(=O)C1=C(C)NC(SCC(=O)C23CC4CC(CC(C4)C2)C3)=C(C#N)C1c1ccncc1. The number of dihydropyridines is 1. The van der Waals surface area contributed by atoms with E-state index in [4.69, 9.17) is 4.74 Å². The van der Waals surface area contributed by atoms with Gasteiger partial charge >= 0.3 is 5.97 Å². The van der Waals surface area contributed by atoms with Crippen molar-refractivity contribution >= 4 is 23.5 Å². The van der Waals surface area contributed by atoms with Crippen LogP contribution in [0.4, 0.5) is 0 Å². The number of aromatic nitrogens is 1. The molecule has 1 atom stereocenters. The van der Waals surface area contributed by atoms with E-state index in [0.717, 1.165) is 42.6 Å². The first-order valence-corrected chi connectivity index (χ1v) is 13.3. The topological polar surface area (TPSA) is 92.1 Å². The molecule has 34 heavy (non-hydrogen) atoms. The van der Waals surface area contributed by atoms with Crippen molar-refractivity contribution in [3.8, 4) is 6.07 Å². The molecule has 1 aromatic rings. The number of esters is 1. The van der Waals surface area contributed by atoms with Crippen LogP contribution in [0.15, 0.2) is 46.4 Å². The number of nitrogens with one attached hydrogen (secondary N) is 1. The summed E-state index contributed by atoms with van der Waals surface area (Å²) in [7, 11) is 0. The predicted molar refractivity (Wildman–Crippen MR) is 130 cm³/mol. The van der Waals surface area contributed by atoms with Crippen LogP contribution in [-0.4, -0.2) is 29.1 Å². The van der Waals surface area contributed by atoms with Crippen molar-refractivity contribution in [2.45, 2.75) is 58.3 Å². The van der Waals surface area contributed by atoms with Gasteiger partial charge in [0.05, 0.1) is 40.5 Å². The van der Waals surface area contributed by atoms with Crippen molar-refractivity contribution in [1.82, 2.24) is 10.3 Å². The maximum atomic E-state index is 13.6. The predicted octanol–water partition coefficient (Wildman–Crippen LogP) is 4.86. The second kappa shape index (κ2) is 9.22. The Kier molecular flexibility index (Phi) is 6.28. The number of nitrogens with zero attached hydrogens (tertiary/aromatic N) is 2. The third kappa shape index (κ3) is 4.07. The molecule has 6 rings (SSSR count). The molecule has 0 amide bonds. The lowest BCUT2D eigenvalue weighted by atomic mass is 9.48. The summed E-state index contributed by atoms with van der Waals surface area (Å²) in [6.07, 6.45) is 10.4. The Morgan fingerprint density at radius 1 is 1.18 bits per heavy atom. The fraction of sp³-hybridized carbons (Fsp3) is 0.556. The molecule has 6 nitrogen and oxygen atoms in total. The molecule has 4 aliphatic carbocycles. The molecule has 0 spiro atoms. The maximum absolute atomic E-state index is 13.6. The summed E-state index contributed by atoms with van der Waals surface area (Å²) in [5, 5.41) is 14.1. The number of nitriles is 1. The van der Waals surface area contributed by atoms with Gasteiger partial charge in [-0.3, -0.25) is 9.78 Å². The first-order chi connectivity index (χ1) is 16.4. The lowest BCUT2D eigenvalue weighted by Crippen LogP contribution is -2.50. The van der Waals surface area contributed by atoms with Gasteiger partial charge in [0, 0.05) is 23.5 Å². The molecule has 1 N–H and O–H groups in total. The van der Waals surface area contributed by atoms with Crippen molar-refractivity contribution in [3.63, 3.8) is 0 Å². The normalized spacial score (nSPS) is 31.8. The highest BCUT2D eigenvalue weighted by Crippen LogP contribution is 2.60. The minimum absolute atomic E-state index is 0.157. The molecule has 2 heterocycles. The van der Waals surface area contributed by atoms with E-state index in [2.05, 4.69) is 16.4 Å².